The molecule has 1 amide bonds. The number of nitrogens with one attached hydrogen (secondary N) is 3. The molecular weight excluding hydrogens is 846 g/mol. The highest BCUT2D eigenvalue weighted by Crippen LogP contribution is 2.43. The predicted octanol–water partition coefficient (Wildman–Crippen LogP) is 11.1. The number of carbonyl (C=O) groups is 1. The molecule has 2 heterocycles. The van der Waals surface area contributed by atoms with Crippen LogP contribution < -0.4 is 20.3 Å². The van der Waals surface area contributed by atoms with Gasteiger partial charge in [0.1, 0.15) is 5.69 Å². The minimum absolute atomic E-state index is 0.0234. The molecule has 4 aromatic rings. The molecule has 0 atom stereocenters. The first-order chi connectivity index (χ1) is 30.4. The van der Waals surface area contributed by atoms with Gasteiger partial charge in [-0.15, -0.1) is 11.8 Å². The van der Waals surface area contributed by atoms with Crippen LogP contribution in [0.25, 0.3) is 5.57 Å². The molecule has 0 aromatic heterocycles. The van der Waals surface area contributed by atoms with Gasteiger partial charge in [-0.1, -0.05) is 82.1 Å². The zero-order chi connectivity index (χ0) is 44.8. The van der Waals surface area contributed by atoms with E-state index >= 15 is 0 Å². The van der Waals surface area contributed by atoms with Crippen molar-refractivity contribution in [2.24, 2.45) is 5.41 Å². The summed E-state index contributed by atoms with van der Waals surface area (Å²) in [6, 6.07) is 32.4. The summed E-state index contributed by atoms with van der Waals surface area (Å²) in [6.45, 7) is 20.6. The number of piperidine rings is 1. The highest BCUT2D eigenvalue weighted by Gasteiger charge is 2.29. The number of benzene rings is 4. The lowest BCUT2D eigenvalue weighted by Crippen LogP contribution is -2.47. The lowest BCUT2D eigenvalue weighted by molar-refractivity contribution is -0.384. The maximum absolute atomic E-state index is 13.0. The van der Waals surface area contributed by atoms with Crippen LogP contribution >= 0.6 is 35.3 Å². The monoisotopic (exact) mass is 911 g/mol. The van der Waals surface area contributed by atoms with Gasteiger partial charge in [-0.25, -0.2) is 0 Å². The molecule has 0 unspecified atom stereocenters. The first kappa shape index (κ1) is 48.4. The predicted molar refractivity (Wildman–Crippen MR) is 267 cm³/mol. The second-order valence-corrected chi connectivity index (χ2v) is 20.3. The topological polar surface area (TPSA) is 106 Å². The van der Waals surface area contributed by atoms with Crippen molar-refractivity contribution in [3.63, 3.8) is 0 Å². The minimum Gasteiger partial charge on any atom is -0.379 e. The normalized spacial score (nSPS) is 17.3. The Bertz CT molecular complexity index is 2100. The van der Waals surface area contributed by atoms with Crippen LogP contribution in [0.4, 0.5) is 17.1 Å². The van der Waals surface area contributed by atoms with Crippen LogP contribution in [-0.4, -0.2) is 97.4 Å². The highest BCUT2D eigenvalue weighted by atomic mass is 35.5. The van der Waals surface area contributed by atoms with E-state index in [9.17, 15) is 14.9 Å². The van der Waals surface area contributed by atoms with Gasteiger partial charge in [0, 0.05) is 89.2 Å². The average Bonchev–Trinajstić information content (AvgIpc) is 3.28. The Morgan fingerprint density at radius 3 is 2.24 bits per heavy atom. The molecule has 2 fully saturated rings. The molecule has 1 aliphatic carbocycles. The fourth-order valence-electron chi connectivity index (χ4n) is 8.62. The van der Waals surface area contributed by atoms with Gasteiger partial charge in [0.15, 0.2) is 0 Å². The minimum atomic E-state index is -0.399. The first-order valence-electron chi connectivity index (χ1n) is 22.6. The van der Waals surface area contributed by atoms with Gasteiger partial charge in [-0.05, 0) is 141 Å². The van der Waals surface area contributed by atoms with Crippen LogP contribution in [0, 0.1) is 15.5 Å². The van der Waals surface area contributed by atoms with Gasteiger partial charge in [0.25, 0.3) is 11.6 Å². The summed E-state index contributed by atoms with van der Waals surface area (Å²) < 4.78 is 2.84. The Hall–Kier alpha value is -4.04. The number of rotatable bonds is 16. The summed E-state index contributed by atoms with van der Waals surface area (Å²) >= 11 is 8.95. The smallest absolute Gasteiger partial charge is 0.293 e. The van der Waals surface area contributed by atoms with Crippen molar-refractivity contribution in [3.05, 3.63) is 129 Å². The molecule has 2 saturated heterocycles. The average molecular weight is 913 g/mol. The molecule has 4 aromatic carbocycles. The largest absolute Gasteiger partial charge is 0.379 e. The van der Waals surface area contributed by atoms with Crippen LogP contribution in [-0.2, 0) is 0 Å². The first-order valence-corrected chi connectivity index (χ1v) is 24.7. The molecule has 2 aliphatic heterocycles. The number of halogens is 1. The number of piperazine rings is 1. The van der Waals surface area contributed by atoms with Crippen LogP contribution in [0.1, 0.15) is 82.6 Å². The fraction of sp³-hybridized carbons (Fsp3) is 0.460. The molecule has 0 saturated carbocycles. The maximum Gasteiger partial charge on any atom is 0.293 e. The quantitative estimate of drug-likeness (QED) is 0.0331. The van der Waals surface area contributed by atoms with Crippen LogP contribution in [0.3, 0.4) is 0 Å². The lowest BCUT2D eigenvalue weighted by atomic mass is 9.73. The third kappa shape index (κ3) is 15.0. The van der Waals surface area contributed by atoms with Crippen LogP contribution in [0.5, 0.6) is 0 Å². The molecule has 7 rings (SSSR count). The van der Waals surface area contributed by atoms with Gasteiger partial charge in [0.2, 0.25) is 0 Å². The molecular formula is C50H66ClN7O3S2. The second kappa shape index (κ2) is 23.8. The van der Waals surface area contributed by atoms with Crippen molar-refractivity contribution in [2.75, 3.05) is 74.9 Å². The third-order valence-electron chi connectivity index (χ3n) is 12.1. The van der Waals surface area contributed by atoms with E-state index in [2.05, 4.69) is 76.8 Å². The van der Waals surface area contributed by atoms with E-state index in [1.54, 1.807) is 29.5 Å². The van der Waals surface area contributed by atoms with E-state index in [4.69, 9.17) is 11.6 Å². The lowest BCUT2D eigenvalue weighted by Gasteiger charge is -2.39. The van der Waals surface area contributed by atoms with E-state index < -0.39 is 4.92 Å². The number of nitro groups is 1. The van der Waals surface area contributed by atoms with E-state index in [0.29, 0.717) is 34.1 Å². The Labute approximate surface area is 389 Å². The Morgan fingerprint density at radius 1 is 0.889 bits per heavy atom. The molecule has 3 aliphatic rings. The highest BCUT2D eigenvalue weighted by molar-refractivity contribution is 7.99. The van der Waals surface area contributed by atoms with Crippen molar-refractivity contribution in [2.45, 2.75) is 88.6 Å². The Balaban J connectivity index is 0.000000476. The number of thioether (sulfide) groups is 1. The molecule has 338 valence electrons. The van der Waals surface area contributed by atoms with Gasteiger partial charge in [0.05, 0.1) is 4.92 Å². The number of allylic oxidation sites excluding steroid dienone is 1. The van der Waals surface area contributed by atoms with E-state index in [1.807, 2.05) is 66.7 Å². The van der Waals surface area contributed by atoms with Gasteiger partial charge >= 0.3 is 0 Å². The summed E-state index contributed by atoms with van der Waals surface area (Å²) in [5, 5.41) is 19.4. The number of anilines is 2. The van der Waals surface area contributed by atoms with Crippen molar-refractivity contribution in [1.82, 2.24) is 19.8 Å². The summed E-state index contributed by atoms with van der Waals surface area (Å²) in [4.78, 5) is 33.6. The summed E-state index contributed by atoms with van der Waals surface area (Å²) in [5.41, 5.74) is 6.70. The van der Waals surface area contributed by atoms with Crippen molar-refractivity contribution in [3.8, 4) is 0 Å². The third-order valence-corrected chi connectivity index (χ3v) is 14.1. The summed E-state index contributed by atoms with van der Waals surface area (Å²) in [7, 11) is 0. The SMILES string of the molecule is CC1(C)CCC(c2ccc(Cl)cc2)=C(CN2CCN(c3ccc(C(=O)NSc4ccc(NCCSc5ccccc5)c([N+](=O)[O-])c4)cc3)CC2)C1.CCN1CCC(NC(C)C)CC1. The number of nitrogens with zero attached hydrogens (tertiary/aromatic N) is 4. The molecule has 13 heteroatoms. The molecule has 63 heavy (non-hydrogen) atoms. The molecule has 0 radical (unpaired) electrons. The van der Waals surface area contributed by atoms with Crippen LogP contribution in [0.2, 0.25) is 5.02 Å². The summed E-state index contributed by atoms with van der Waals surface area (Å²) in [5.74, 6) is 0.520. The number of hydrogen-bond donors (Lipinski definition) is 3. The Morgan fingerprint density at radius 2 is 1.59 bits per heavy atom. The van der Waals surface area contributed by atoms with Gasteiger partial charge in [-0.3, -0.25) is 24.5 Å². The van der Waals surface area contributed by atoms with Gasteiger partial charge in [-0.2, -0.15) is 0 Å². The molecule has 10 nitrogen and oxygen atoms in total. The number of carbonyl (C=O) groups excluding carboxylic acids is 1. The van der Waals surface area contributed by atoms with Crippen molar-refractivity contribution >= 4 is 63.9 Å². The van der Waals surface area contributed by atoms with Gasteiger partial charge < -0.3 is 20.4 Å². The number of likely N-dealkylation sites (tertiary alicyclic amines) is 1. The maximum atomic E-state index is 13.0. The van der Waals surface area contributed by atoms with Crippen molar-refractivity contribution < 1.29 is 9.72 Å². The second-order valence-electron chi connectivity index (χ2n) is 17.8. The van der Waals surface area contributed by atoms with E-state index in [0.717, 1.165) is 84.9 Å². The number of hydrogen-bond acceptors (Lipinski definition) is 10. The Kier molecular flexibility index (Phi) is 18.3. The zero-order valence-electron chi connectivity index (χ0n) is 37.7. The fourth-order valence-corrected chi connectivity index (χ4v) is 10.2. The van der Waals surface area contributed by atoms with E-state index in [1.165, 1.54) is 56.1 Å². The number of nitro benzene ring substituents is 1. The zero-order valence-corrected chi connectivity index (χ0v) is 40.1. The molecule has 3 N–H and O–H groups in total. The van der Waals surface area contributed by atoms with Crippen molar-refractivity contribution in [1.29, 1.82) is 0 Å². The van der Waals surface area contributed by atoms with E-state index in [-0.39, 0.29) is 11.6 Å². The number of amides is 1. The standard InChI is InChI=1S/C40H44ClN5O3S2.C10H22N2/c1-40(2)19-18-36(29-8-12-32(41)13-9-29)31(27-40)28-44-21-23-45(24-22-44)33-14-10-30(11-15-33)39(47)43-51-35-16-17-37(38(26-35)46(48)49)42-20-25-50-34-6-4-3-5-7-34;1-4-12-7-5-10(6-8-12)11-9(2)3/h3-17,26,42H,18-25,27-28H2,1-2H3,(H,43,47);9-11H,4-8H2,1-3H3. The summed E-state index contributed by atoms with van der Waals surface area (Å²) in [6.07, 6.45) is 6.05. The molecule has 0 spiro atoms. The molecule has 0 bridgehead atoms. The van der Waals surface area contributed by atoms with Crippen LogP contribution in [0.15, 0.2) is 112 Å².